The zero-order valence-corrected chi connectivity index (χ0v) is 14.4. The van der Waals surface area contributed by atoms with Gasteiger partial charge < -0.3 is 0 Å². The van der Waals surface area contributed by atoms with E-state index in [-0.39, 0.29) is 11.1 Å². The van der Waals surface area contributed by atoms with Crippen LogP contribution in [-0.2, 0) is 10.0 Å². The minimum Gasteiger partial charge on any atom is -0.287 e. The molecule has 0 saturated heterocycles. The fraction of sp³-hybridized carbons (Fsp3) is 0. The summed E-state index contributed by atoms with van der Waals surface area (Å²) in [6, 6.07) is 10.4. The number of para-hydroxylation sites is 1. The van der Waals surface area contributed by atoms with Crippen LogP contribution in [0, 0.1) is 10.1 Å². The van der Waals surface area contributed by atoms with Crippen LogP contribution in [0.4, 0.5) is 5.69 Å². The lowest BCUT2D eigenvalue weighted by Crippen LogP contribution is -2.33. The quantitative estimate of drug-likeness (QED) is 0.629. The van der Waals surface area contributed by atoms with Crippen molar-refractivity contribution in [2.45, 2.75) is 4.90 Å². The summed E-state index contributed by atoms with van der Waals surface area (Å²) in [7, 11) is -4.53. The van der Waals surface area contributed by atoms with Gasteiger partial charge in [0.2, 0.25) is 11.6 Å². The summed E-state index contributed by atoms with van der Waals surface area (Å²) in [5.74, 6) is -1.52. The van der Waals surface area contributed by atoms with Gasteiger partial charge in [-0.1, -0.05) is 48.0 Å². The van der Waals surface area contributed by atoms with Crippen molar-refractivity contribution in [1.82, 2.24) is 4.72 Å². The van der Waals surface area contributed by atoms with E-state index in [1.807, 2.05) is 4.72 Å². The third-order valence-electron chi connectivity index (χ3n) is 3.65. The maximum atomic E-state index is 12.6. The summed E-state index contributed by atoms with van der Waals surface area (Å²) in [6.45, 7) is 0. The molecule has 0 fully saturated rings. The Labute approximate surface area is 152 Å². The number of nitrogens with one attached hydrogen (secondary N) is 1. The minimum absolute atomic E-state index is 0.0119. The standard InChI is InChI=1S/C16H9ClN2O6S/c17-13-14(16(21)10-6-2-1-5-9(10)15(13)20)18-26(24,25)12-8-4-3-7-11(12)19(22)23/h1-8,18H. The highest BCUT2D eigenvalue weighted by molar-refractivity contribution is 7.89. The van der Waals surface area contributed by atoms with Crippen LogP contribution in [0.1, 0.15) is 20.7 Å². The highest BCUT2D eigenvalue weighted by Crippen LogP contribution is 2.29. The molecule has 0 bridgehead atoms. The van der Waals surface area contributed by atoms with E-state index in [4.69, 9.17) is 11.6 Å². The first-order chi connectivity index (χ1) is 12.2. The van der Waals surface area contributed by atoms with Crippen molar-refractivity contribution in [2.24, 2.45) is 0 Å². The summed E-state index contributed by atoms with van der Waals surface area (Å²) in [6.07, 6.45) is 0. The lowest BCUT2D eigenvalue weighted by atomic mass is 9.93. The van der Waals surface area contributed by atoms with Gasteiger partial charge in [0.05, 0.1) is 4.92 Å². The molecule has 1 aliphatic rings. The van der Waals surface area contributed by atoms with Crippen LogP contribution in [0.5, 0.6) is 0 Å². The SMILES string of the molecule is O=C1C(Cl)=C(NS(=O)(=O)c2ccccc2[N+](=O)[O-])C(=O)c2ccccc21. The van der Waals surface area contributed by atoms with Crippen LogP contribution in [0.15, 0.2) is 64.2 Å². The molecule has 0 unspecified atom stereocenters. The van der Waals surface area contributed by atoms with E-state index in [2.05, 4.69) is 0 Å². The van der Waals surface area contributed by atoms with Crippen LogP contribution in [0.3, 0.4) is 0 Å². The number of hydrogen-bond donors (Lipinski definition) is 1. The van der Waals surface area contributed by atoms with E-state index in [0.717, 1.165) is 12.1 Å². The summed E-state index contributed by atoms with van der Waals surface area (Å²) >= 11 is 5.90. The van der Waals surface area contributed by atoms with Gasteiger partial charge in [0, 0.05) is 17.2 Å². The Morgan fingerprint density at radius 2 is 1.46 bits per heavy atom. The second-order valence-electron chi connectivity index (χ2n) is 5.22. The van der Waals surface area contributed by atoms with Gasteiger partial charge >= 0.3 is 0 Å². The van der Waals surface area contributed by atoms with E-state index < -0.39 is 47.8 Å². The predicted molar refractivity (Wildman–Crippen MR) is 91.4 cm³/mol. The molecule has 0 aliphatic heterocycles. The first kappa shape index (κ1) is 17.8. The molecule has 2 aromatic rings. The number of Topliss-reactive ketones (excluding diaryl/α,β-unsaturated/α-hetero) is 2. The van der Waals surface area contributed by atoms with Gasteiger partial charge in [-0.25, -0.2) is 8.42 Å². The number of sulfonamides is 1. The highest BCUT2D eigenvalue weighted by atomic mass is 35.5. The van der Waals surface area contributed by atoms with Crippen LogP contribution < -0.4 is 4.72 Å². The smallest absolute Gasteiger partial charge is 0.287 e. The number of nitro benzene ring substituents is 1. The van der Waals surface area contributed by atoms with Crippen molar-refractivity contribution < 1.29 is 22.9 Å². The fourth-order valence-electron chi connectivity index (χ4n) is 2.46. The van der Waals surface area contributed by atoms with E-state index in [1.165, 1.54) is 36.4 Å². The molecule has 1 aliphatic carbocycles. The minimum atomic E-state index is -4.53. The molecular weight excluding hydrogens is 384 g/mol. The number of nitro groups is 1. The molecule has 0 atom stereocenters. The van der Waals surface area contributed by atoms with Crippen LogP contribution in [0.2, 0.25) is 0 Å². The molecule has 132 valence electrons. The number of benzene rings is 2. The predicted octanol–water partition coefficient (Wildman–Crippen LogP) is 2.40. The molecule has 0 amide bonds. The number of allylic oxidation sites excluding steroid dienone is 2. The maximum absolute atomic E-state index is 12.6. The van der Waals surface area contributed by atoms with Crippen molar-refractivity contribution in [2.75, 3.05) is 0 Å². The van der Waals surface area contributed by atoms with Gasteiger partial charge in [0.1, 0.15) is 10.7 Å². The van der Waals surface area contributed by atoms with E-state index in [9.17, 15) is 28.1 Å². The summed E-state index contributed by atoms with van der Waals surface area (Å²) in [4.78, 5) is 34.4. The number of nitrogens with zero attached hydrogens (tertiary/aromatic N) is 1. The average molecular weight is 393 g/mol. The number of carbonyl (C=O) groups is 2. The molecule has 8 nitrogen and oxygen atoms in total. The van der Waals surface area contributed by atoms with E-state index in [0.29, 0.717) is 0 Å². The number of carbonyl (C=O) groups excluding carboxylic acids is 2. The summed E-state index contributed by atoms with van der Waals surface area (Å²) < 4.78 is 27.0. The monoisotopic (exact) mass is 392 g/mol. The Morgan fingerprint density at radius 1 is 0.923 bits per heavy atom. The molecule has 0 spiro atoms. The number of halogens is 1. The van der Waals surface area contributed by atoms with E-state index in [1.54, 1.807) is 0 Å². The Balaban J connectivity index is 2.09. The molecule has 0 aromatic heterocycles. The first-order valence-corrected chi connectivity index (χ1v) is 8.94. The Kier molecular flexibility index (Phi) is 4.34. The Morgan fingerprint density at radius 3 is 2.08 bits per heavy atom. The summed E-state index contributed by atoms with van der Waals surface area (Å²) in [5, 5.41) is 10.5. The molecule has 0 radical (unpaired) electrons. The molecule has 3 rings (SSSR count). The largest absolute Gasteiger partial charge is 0.289 e. The number of ketones is 2. The molecule has 2 aromatic carbocycles. The molecule has 26 heavy (non-hydrogen) atoms. The van der Waals surface area contributed by atoms with Gasteiger partial charge in [0.25, 0.3) is 15.7 Å². The highest BCUT2D eigenvalue weighted by Gasteiger charge is 2.35. The van der Waals surface area contributed by atoms with Gasteiger partial charge in [-0.15, -0.1) is 0 Å². The lowest BCUT2D eigenvalue weighted by molar-refractivity contribution is -0.387. The molecule has 0 heterocycles. The van der Waals surface area contributed by atoms with E-state index >= 15 is 0 Å². The number of hydrogen-bond acceptors (Lipinski definition) is 6. The van der Waals surface area contributed by atoms with Crippen LogP contribution >= 0.6 is 11.6 Å². The van der Waals surface area contributed by atoms with Gasteiger partial charge in [-0.05, 0) is 6.07 Å². The van der Waals surface area contributed by atoms with Gasteiger partial charge in [-0.3, -0.25) is 24.4 Å². The van der Waals surface area contributed by atoms with Crippen molar-refractivity contribution in [1.29, 1.82) is 0 Å². The number of rotatable bonds is 4. The third kappa shape index (κ3) is 2.87. The van der Waals surface area contributed by atoms with Crippen molar-refractivity contribution in [3.63, 3.8) is 0 Å². The van der Waals surface area contributed by atoms with Crippen molar-refractivity contribution >= 4 is 38.9 Å². The zero-order chi connectivity index (χ0) is 19.1. The van der Waals surface area contributed by atoms with Gasteiger partial charge in [-0.2, -0.15) is 0 Å². The van der Waals surface area contributed by atoms with Crippen LogP contribution in [0.25, 0.3) is 0 Å². The zero-order valence-electron chi connectivity index (χ0n) is 12.8. The topological polar surface area (TPSA) is 123 Å². The molecule has 1 N–H and O–H groups in total. The normalized spacial score (nSPS) is 14.2. The second-order valence-corrected chi connectivity index (χ2v) is 7.25. The fourth-order valence-corrected chi connectivity index (χ4v) is 4.00. The molecular formula is C16H9ClN2O6S. The molecule has 0 saturated carbocycles. The Bertz CT molecular complexity index is 1110. The third-order valence-corrected chi connectivity index (χ3v) is 5.41. The van der Waals surface area contributed by atoms with Crippen molar-refractivity contribution in [3.8, 4) is 0 Å². The number of fused-ring (bicyclic) bond motifs is 1. The average Bonchev–Trinajstić information content (AvgIpc) is 2.63. The van der Waals surface area contributed by atoms with Gasteiger partial charge in [0.15, 0.2) is 4.90 Å². The summed E-state index contributed by atoms with van der Waals surface area (Å²) in [5.41, 5.74) is -1.28. The van der Waals surface area contributed by atoms with Crippen molar-refractivity contribution in [3.05, 3.63) is 80.5 Å². The maximum Gasteiger partial charge on any atom is 0.289 e. The second kappa shape index (κ2) is 6.36. The lowest BCUT2D eigenvalue weighted by Gasteiger charge is -2.18. The molecule has 10 heteroatoms. The Hall–Kier alpha value is -3.04. The van der Waals surface area contributed by atoms with Crippen LogP contribution in [-0.4, -0.2) is 24.9 Å². The first-order valence-electron chi connectivity index (χ1n) is 7.08.